The Morgan fingerprint density at radius 2 is 1.05 bits per heavy atom. The molecule has 0 fully saturated rings. The minimum absolute atomic E-state index is 0.900. The van der Waals surface area contributed by atoms with Crippen molar-refractivity contribution in [1.82, 2.24) is 4.57 Å². The maximum absolute atomic E-state index is 6.36. The summed E-state index contributed by atoms with van der Waals surface area (Å²) in [5, 5.41) is 9.67. The van der Waals surface area contributed by atoms with Gasteiger partial charge in [-0.05, 0) is 77.2 Å². The van der Waals surface area contributed by atoms with Gasteiger partial charge in [-0.25, -0.2) is 0 Å². The first-order chi connectivity index (χ1) is 27.8. The summed E-state index contributed by atoms with van der Waals surface area (Å²) in [4.78, 5) is 2.49. The Kier molecular flexibility index (Phi) is 6.80. The summed E-state index contributed by atoms with van der Waals surface area (Å²) < 4.78 is 11.3. The van der Waals surface area contributed by atoms with Crippen molar-refractivity contribution < 1.29 is 4.42 Å². The molecule has 3 aromatic heterocycles. The Balaban J connectivity index is 1.16. The standard InChI is InChI=1S/C52H32N2OS/c1-2-14-33(15-3-1)53-44-24-7-4-16-38(44)39-31-30-34(32-47(39)53)54(46-26-12-23-42-40-17-6-9-29-50(40)56-52(42)46)45-25-11-20-35-36(19-10-21-37(35)45)41-22-13-28-49-51(41)43-18-5-8-27-48(43)55-49/h1-32H. The molecule has 0 unspecified atom stereocenters. The molecule has 262 valence electrons. The second-order valence-corrected chi connectivity index (χ2v) is 15.5. The second-order valence-electron chi connectivity index (χ2n) is 14.4. The highest BCUT2D eigenvalue weighted by atomic mass is 32.1. The van der Waals surface area contributed by atoms with Crippen LogP contribution in [0.15, 0.2) is 199 Å². The molecule has 0 aliphatic rings. The van der Waals surface area contributed by atoms with Gasteiger partial charge in [0, 0.05) is 53.8 Å². The number of furan rings is 1. The number of hydrogen-bond donors (Lipinski definition) is 0. The van der Waals surface area contributed by atoms with E-state index in [9.17, 15) is 0 Å². The summed E-state index contributed by atoms with van der Waals surface area (Å²) in [5.74, 6) is 0. The molecule has 4 heteroatoms. The maximum Gasteiger partial charge on any atom is 0.136 e. The van der Waals surface area contributed by atoms with Gasteiger partial charge < -0.3 is 13.9 Å². The van der Waals surface area contributed by atoms with Crippen molar-refractivity contribution in [2.24, 2.45) is 0 Å². The molecule has 0 atom stereocenters. The first-order valence-electron chi connectivity index (χ1n) is 19.0. The summed E-state index contributed by atoms with van der Waals surface area (Å²) in [5.41, 5.74) is 11.0. The van der Waals surface area contributed by atoms with Gasteiger partial charge in [0.2, 0.25) is 0 Å². The van der Waals surface area contributed by atoms with E-state index in [4.69, 9.17) is 4.42 Å². The molecule has 0 aliphatic heterocycles. The van der Waals surface area contributed by atoms with Crippen LogP contribution in [-0.2, 0) is 0 Å². The zero-order chi connectivity index (χ0) is 36.7. The highest BCUT2D eigenvalue weighted by molar-refractivity contribution is 7.26. The van der Waals surface area contributed by atoms with Gasteiger partial charge in [0.15, 0.2) is 0 Å². The number of hydrogen-bond acceptors (Lipinski definition) is 3. The minimum Gasteiger partial charge on any atom is -0.456 e. The minimum atomic E-state index is 0.900. The Morgan fingerprint density at radius 3 is 1.96 bits per heavy atom. The lowest BCUT2D eigenvalue weighted by molar-refractivity contribution is 0.669. The van der Waals surface area contributed by atoms with Crippen molar-refractivity contribution in [2.75, 3.05) is 4.90 Å². The fourth-order valence-electron chi connectivity index (χ4n) is 8.99. The molecule has 12 rings (SSSR count). The zero-order valence-corrected chi connectivity index (χ0v) is 31.0. The molecule has 3 heterocycles. The smallest absolute Gasteiger partial charge is 0.136 e. The van der Waals surface area contributed by atoms with Crippen LogP contribution in [-0.4, -0.2) is 4.57 Å². The van der Waals surface area contributed by atoms with E-state index in [0.717, 1.165) is 44.7 Å². The van der Waals surface area contributed by atoms with Crippen molar-refractivity contribution in [2.45, 2.75) is 0 Å². The first-order valence-corrected chi connectivity index (χ1v) is 19.8. The predicted molar refractivity (Wildman–Crippen MR) is 239 cm³/mol. The highest BCUT2D eigenvalue weighted by Crippen LogP contribution is 2.49. The molecule has 0 saturated heterocycles. The number of para-hydroxylation sites is 3. The molecule has 56 heavy (non-hydrogen) atoms. The normalized spacial score (nSPS) is 11.9. The van der Waals surface area contributed by atoms with Gasteiger partial charge in [0.25, 0.3) is 0 Å². The Bertz CT molecular complexity index is 3500. The van der Waals surface area contributed by atoms with Crippen LogP contribution in [0.2, 0.25) is 0 Å². The van der Waals surface area contributed by atoms with E-state index in [1.54, 1.807) is 0 Å². The largest absolute Gasteiger partial charge is 0.456 e. The van der Waals surface area contributed by atoms with Crippen LogP contribution in [0.3, 0.4) is 0 Å². The number of fused-ring (bicyclic) bond motifs is 10. The molecule has 0 saturated carbocycles. The van der Waals surface area contributed by atoms with Gasteiger partial charge in [0.1, 0.15) is 11.2 Å². The van der Waals surface area contributed by atoms with E-state index in [0.29, 0.717) is 0 Å². The van der Waals surface area contributed by atoms with Crippen LogP contribution in [0.25, 0.3) is 91.5 Å². The number of anilines is 3. The number of aromatic nitrogens is 1. The molecule has 0 bridgehead atoms. The monoisotopic (exact) mass is 732 g/mol. The van der Waals surface area contributed by atoms with Gasteiger partial charge in [-0.1, -0.05) is 133 Å². The average Bonchev–Trinajstić information content (AvgIpc) is 3.94. The van der Waals surface area contributed by atoms with E-state index >= 15 is 0 Å². The van der Waals surface area contributed by atoms with Crippen LogP contribution in [0.1, 0.15) is 0 Å². The van der Waals surface area contributed by atoms with E-state index in [2.05, 4.69) is 198 Å². The van der Waals surface area contributed by atoms with Crippen molar-refractivity contribution in [3.63, 3.8) is 0 Å². The molecule has 12 aromatic rings. The van der Waals surface area contributed by atoms with Crippen molar-refractivity contribution in [3.8, 4) is 16.8 Å². The molecule has 0 spiro atoms. The van der Waals surface area contributed by atoms with Crippen molar-refractivity contribution in [1.29, 1.82) is 0 Å². The van der Waals surface area contributed by atoms with E-state index in [-0.39, 0.29) is 0 Å². The summed E-state index contributed by atoms with van der Waals surface area (Å²) in [6.07, 6.45) is 0. The summed E-state index contributed by atoms with van der Waals surface area (Å²) >= 11 is 1.87. The third-order valence-corrected chi connectivity index (χ3v) is 12.6. The van der Waals surface area contributed by atoms with Crippen LogP contribution in [0.4, 0.5) is 17.1 Å². The van der Waals surface area contributed by atoms with Crippen LogP contribution in [0.5, 0.6) is 0 Å². The third-order valence-electron chi connectivity index (χ3n) is 11.4. The quantitative estimate of drug-likeness (QED) is 0.176. The molecule has 0 aliphatic carbocycles. The summed E-state index contributed by atoms with van der Waals surface area (Å²) in [6.45, 7) is 0. The van der Waals surface area contributed by atoms with Crippen LogP contribution in [0, 0.1) is 0 Å². The fourth-order valence-corrected chi connectivity index (χ4v) is 10.2. The second kappa shape index (κ2) is 12.2. The van der Waals surface area contributed by atoms with Gasteiger partial charge in [-0.15, -0.1) is 11.3 Å². The van der Waals surface area contributed by atoms with Gasteiger partial charge in [-0.3, -0.25) is 0 Å². The number of nitrogens with zero attached hydrogens (tertiary/aromatic N) is 2. The van der Waals surface area contributed by atoms with E-state index in [1.807, 2.05) is 17.4 Å². The highest BCUT2D eigenvalue weighted by Gasteiger charge is 2.23. The molecule has 0 amide bonds. The molecular weight excluding hydrogens is 701 g/mol. The van der Waals surface area contributed by atoms with Gasteiger partial charge >= 0.3 is 0 Å². The topological polar surface area (TPSA) is 21.3 Å². The van der Waals surface area contributed by atoms with Crippen molar-refractivity contribution in [3.05, 3.63) is 194 Å². The molecule has 0 N–H and O–H groups in total. The Hall–Kier alpha value is -7.14. The lowest BCUT2D eigenvalue weighted by atomic mass is 9.93. The maximum atomic E-state index is 6.36. The van der Waals surface area contributed by atoms with E-state index in [1.165, 1.54) is 63.9 Å². The molecule has 9 aromatic carbocycles. The Morgan fingerprint density at radius 1 is 0.411 bits per heavy atom. The Labute approximate surface area is 326 Å². The first kappa shape index (κ1) is 31.2. The van der Waals surface area contributed by atoms with E-state index < -0.39 is 0 Å². The number of rotatable bonds is 5. The van der Waals surface area contributed by atoms with Crippen molar-refractivity contribution >= 4 is 103 Å². The van der Waals surface area contributed by atoms with Crippen LogP contribution >= 0.6 is 11.3 Å². The SMILES string of the molecule is c1ccc(-n2c3ccccc3c3ccc(N(c4cccc5c(-c6cccc7oc8ccccc8c67)cccc45)c4cccc5c4sc4ccccc45)cc32)cc1. The molecule has 0 radical (unpaired) electrons. The zero-order valence-electron chi connectivity index (χ0n) is 30.2. The lowest BCUT2D eigenvalue weighted by Crippen LogP contribution is -2.11. The van der Waals surface area contributed by atoms with Gasteiger partial charge in [-0.2, -0.15) is 0 Å². The molecular formula is C52H32N2OS. The number of thiophene rings is 1. The lowest BCUT2D eigenvalue weighted by Gasteiger charge is -2.28. The number of benzene rings is 9. The average molecular weight is 733 g/mol. The fraction of sp³-hybridized carbons (Fsp3) is 0. The third kappa shape index (κ3) is 4.57. The summed E-state index contributed by atoms with van der Waals surface area (Å²) in [7, 11) is 0. The van der Waals surface area contributed by atoms with Crippen LogP contribution < -0.4 is 4.90 Å². The summed E-state index contributed by atoms with van der Waals surface area (Å²) in [6, 6.07) is 70.3. The van der Waals surface area contributed by atoms with Gasteiger partial charge in [0.05, 0.1) is 27.1 Å². The predicted octanol–water partition coefficient (Wildman–Crippen LogP) is 15.3. The molecule has 3 nitrogen and oxygen atoms in total.